The van der Waals surface area contributed by atoms with Gasteiger partial charge in [0.25, 0.3) is 0 Å². The second-order valence-corrected chi connectivity index (χ2v) is 4.45. The lowest BCUT2D eigenvalue weighted by molar-refractivity contribution is 0.565. The van der Waals surface area contributed by atoms with Crippen LogP contribution in [0.25, 0.3) is 0 Å². The Morgan fingerprint density at radius 1 is 1.43 bits per heavy atom. The highest BCUT2D eigenvalue weighted by Crippen LogP contribution is 2.48. The van der Waals surface area contributed by atoms with Crippen molar-refractivity contribution < 1.29 is 0 Å². The molecule has 1 heteroatoms. The minimum Gasteiger partial charge on any atom is -0.324 e. The first-order chi connectivity index (χ1) is 6.74. The number of aryl methyl sites for hydroxylation is 1. The molecule has 0 heterocycles. The molecule has 1 aromatic carbocycles. The lowest BCUT2D eigenvalue weighted by Crippen LogP contribution is -2.14. The highest BCUT2D eigenvalue weighted by Gasteiger charge is 2.40. The largest absolute Gasteiger partial charge is 0.324 e. The van der Waals surface area contributed by atoms with E-state index in [-0.39, 0.29) is 6.04 Å². The van der Waals surface area contributed by atoms with E-state index < -0.39 is 0 Å². The van der Waals surface area contributed by atoms with Gasteiger partial charge in [-0.15, -0.1) is 0 Å². The van der Waals surface area contributed by atoms with Gasteiger partial charge < -0.3 is 5.73 Å². The highest BCUT2D eigenvalue weighted by molar-refractivity contribution is 5.30. The summed E-state index contributed by atoms with van der Waals surface area (Å²) in [6.07, 6.45) is 2.61. The van der Waals surface area contributed by atoms with E-state index >= 15 is 0 Å². The van der Waals surface area contributed by atoms with E-state index in [1.54, 1.807) is 0 Å². The zero-order chi connectivity index (χ0) is 10.1. The van der Waals surface area contributed by atoms with Crippen LogP contribution >= 0.6 is 0 Å². The zero-order valence-corrected chi connectivity index (χ0v) is 9.03. The summed E-state index contributed by atoms with van der Waals surface area (Å²) in [4.78, 5) is 0. The van der Waals surface area contributed by atoms with Crippen molar-refractivity contribution in [2.24, 2.45) is 17.6 Å². The van der Waals surface area contributed by atoms with Crippen molar-refractivity contribution in [3.63, 3.8) is 0 Å². The molecular weight excluding hydrogens is 170 g/mol. The lowest BCUT2D eigenvalue weighted by Gasteiger charge is -2.14. The monoisotopic (exact) mass is 189 g/mol. The van der Waals surface area contributed by atoms with Crippen molar-refractivity contribution in [2.45, 2.75) is 32.7 Å². The quantitative estimate of drug-likeness (QED) is 0.777. The van der Waals surface area contributed by atoms with Crippen molar-refractivity contribution in [3.05, 3.63) is 35.4 Å². The Kier molecular flexibility index (Phi) is 2.60. The molecule has 0 saturated heterocycles. The molecule has 0 spiro atoms. The molecule has 3 unspecified atom stereocenters. The molecule has 1 saturated carbocycles. The summed E-state index contributed by atoms with van der Waals surface area (Å²) in [6, 6.07) is 8.76. The SMILES string of the molecule is CCC1CC1C(N)c1ccccc1C. The second kappa shape index (κ2) is 3.74. The molecule has 1 aliphatic carbocycles. The normalized spacial score (nSPS) is 27.4. The number of benzene rings is 1. The molecule has 2 N–H and O–H groups in total. The summed E-state index contributed by atoms with van der Waals surface area (Å²) in [6.45, 7) is 4.41. The van der Waals surface area contributed by atoms with Gasteiger partial charge in [0.05, 0.1) is 0 Å². The van der Waals surface area contributed by atoms with E-state index in [9.17, 15) is 0 Å². The Bertz CT molecular complexity index is 319. The Labute approximate surface area is 86.3 Å². The third-order valence-corrected chi connectivity index (χ3v) is 3.51. The summed E-state index contributed by atoms with van der Waals surface area (Å²) in [7, 11) is 0. The highest BCUT2D eigenvalue weighted by atomic mass is 14.7. The molecule has 1 fully saturated rings. The topological polar surface area (TPSA) is 26.0 Å². The van der Waals surface area contributed by atoms with Crippen LogP contribution < -0.4 is 5.73 Å². The van der Waals surface area contributed by atoms with E-state index in [2.05, 4.69) is 38.1 Å². The lowest BCUT2D eigenvalue weighted by atomic mass is 9.97. The van der Waals surface area contributed by atoms with Gasteiger partial charge in [-0.1, -0.05) is 37.6 Å². The molecule has 14 heavy (non-hydrogen) atoms. The molecule has 0 radical (unpaired) electrons. The van der Waals surface area contributed by atoms with E-state index in [4.69, 9.17) is 5.73 Å². The maximum Gasteiger partial charge on any atom is 0.0328 e. The smallest absolute Gasteiger partial charge is 0.0328 e. The molecule has 76 valence electrons. The van der Waals surface area contributed by atoms with Crippen LogP contribution in [0.3, 0.4) is 0 Å². The number of hydrogen-bond donors (Lipinski definition) is 1. The van der Waals surface area contributed by atoms with Crippen molar-refractivity contribution in [1.82, 2.24) is 0 Å². The molecule has 1 aliphatic rings. The molecule has 0 aromatic heterocycles. The summed E-state index contributed by atoms with van der Waals surface area (Å²) < 4.78 is 0. The van der Waals surface area contributed by atoms with Crippen LogP contribution in [0.15, 0.2) is 24.3 Å². The Morgan fingerprint density at radius 2 is 2.14 bits per heavy atom. The predicted molar refractivity (Wildman–Crippen MR) is 60.0 cm³/mol. The van der Waals surface area contributed by atoms with Gasteiger partial charge in [0, 0.05) is 6.04 Å². The zero-order valence-electron chi connectivity index (χ0n) is 9.03. The van der Waals surface area contributed by atoms with Crippen LogP contribution in [-0.4, -0.2) is 0 Å². The molecular formula is C13H19N. The van der Waals surface area contributed by atoms with Gasteiger partial charge in [0.2, 0.25) is 0 Å². The Hall–Kier alpha value is -0.820. The fourth-order valence-corrected chi connectivity index (χ4v) is 2.37. The number of nitrogens with two attached hydrogens (primary N) is 1. The third-order valence-electron chi connectivity index (χ3n) is 3.51. The van der Waals surface area contributed by atoms with Crippen molar-refractivity contribution in [1.29, 1.82) is 0 Å². The summed E-state index contributed by atoms with van der Waals surface area (Å²) in [5.74, 6) is 1.62. The van der Waals surface area contributed by atoms with Gasteiger partial charge in [-0.3, -0.25) is 0 Å². The van der Waals surface area contributed by atoms with Gasteiger partial charge in [0.1, 0.15) is 0 Å². The van der Waals surface area contributed by atoms with Crippen LogP contribution in [0.5, 0.6) is 0 Å². The van der Waals surface area contributed by atoms with E-state index in [0.717, 1.165) is 11.8 Å². The predicted octanol–water partition coefficient (Wildman–Crippen LogP) is 3.04. The fourth-order valence-electron chi connectivity index (χ4n) is 2.37. The van der Waals surface area contributed by atoms with Gasteiger partial charge in [0.15, 0.2) is 0 Å². The van der Waals surface area contributed by atoms with Crippen LogP contribution in [0.4, 0.5) is 0 Å². The van der Waals surface area contributed by atoms with Gasteiger partial charge in [-0.2, -0.15) is 0 Å². The summed E-state index contributed by atoms with van der Waals surface area (Å²) >= 11 is 0. The molecule has 2 rings (SSSR count). The maximum absolute atomic E-state index is 6.27. The van der Waals surface area contributed by atoms with Crippen LogP contribution in [0, 0.1) is 18.8 Å². The molecule has 0 aliphatic heterocycles. The molecule has 0 bridgehead atoms. The standard InChI is InChI=1S/C13H19N/c1-3-10-8-12(10)13(14)11-7-5-4-6-9(11)2/h4-7,10,12-13H,3,8,14H2,1-2H3. The minimum atomic E-state index is 0.265. The van der Waals surface area contributed by atoms with Crippen LogP contribution in [-0.2, 0) is 0 Å². The average Bonchev–Trinajstić information content (AvgIpc) is 2.96. The second-order valence-electron chi connectivity index (χ2n) is 4.45. The minimum absolute atomic E-state index is 0.265. The van der Waals surface area contributed by atoms with Gasteiger partial charge in [-0.05, 0) is 36.3 Å². The molecule has 1 nitrogen and oxygen atoms in total. The maximum atomic E-state index is 6.27. The van der Waals surface area contributed by atoms with Crippen molar-refractivity contribution >= 4 is 0 Å². The van der Waals surface area contributed by atoms with Crippen LogP contribution in [0.1, 0.15) is 36.9 Å². The summed E-state index contributed by atoms with van der Waals surface area (Å²) in [5, 5.41) is 0. The molecule has 0 amide bonds. The summed E-state index contributed by atoms with van der Waals surface area (Å²) in [5.41, 5.74) is 8.94. The van der Waals surface area contributed by atoms with Gasteiger partial charge >= 0.3 is 0 Å². The van der Waals surface area contributed by atoms with Crippen LogP contribution in [0.2, 0.25) is 0 Å². The number of hydrogen-bond acceptors (Lipinski definition) is 1. The first-order valence-corrected chi connectivity index (χ1v) is 5.55. The Balaban J connectivity index is 2.12. The molecule has 1 aromatic rings. The van der Waals surface area contributed by atoms with E-state index in [0.29, 0.717) is 0 Å². The van der Waals surface area contributed by atoms with Crippen molar-refractivity contribution in [3.8, 4) is 0 Å². The Morgan fingerprint density at radius 3 is 2.71 bits per heavy atom. The average molecular weight is 189 g/mol. The molecule has 3 atom stereocenters. The van der Waals surface area contributed by atoms with E-state index in [1.165, 1.54) is 24.0 Å². The first kappa shape index (κ1) is 9.72. The van der Waals surface area contributed by atoms with Crippen molar-refractivity contribution in [2.75, 3.05) is 0 Å². The van der Waals surface area contributed by atoms with E-state index in [1.807, 2.05) is 0 Å². The number of rotatable bonds is 3. The third kappa shape index (κ3) is 1.69. The fraction of sp³-hybridized carbons (Fsp3) is 0.538. The van der Waals surface area contributed by atoms with Gasteiger partial charge in [-0.25, -0.2) is 0 Å². The first-order valence-electron chi connectivity index (χ1n) is 5.55.